The predicted molar refractivity (Wildman–Crippen MR) is 101 cm³/mol. The van der Waals surface area contributed by atoms with E-state index in [4.69, 9.17) is 4.74 Å². The molecule has 0 bridgehead atoms. The van der Waals surface area contributed by atoms with E-state index in [1.54, 1.807) is 24.9 Å². The van der Waals surface area contributed by atoms with Crippen LogP contribution >= 0.6 is 11.3 Å². The Morgan fingerprint density at radius 2 is 2.22 bits per heavy atom. The molecular weight excluding hydrogens is 368 g/mol. The number of thiazole rings is 1. The van der Waals surface area contributed by atoms with Crippen molar-refractivity contribution in [2.24, 2.45) is 7.05 Å². The zero-order chi connectivity index (χ0) is 19.0. The standard InChI is InChI=1S/C17H16N6O3S/c1-21-7-6-18-15(21)13(11-4-3-5-12(10-11)26-2)19-14-16(23(24)25)22-8-9-27-17(22)20-14/h3-10,13,19H,1-2H3. The molecule has 1 aromatic carbocycles. The molecule has 4 aromatic rings. The highest BCUT2D eigenvalue weighted by Crippen LogP contribution is 2.33. The number of methoxy groups -OCH3 is 1. The third-order valence-electron chi connectivity index (χ3n) is 4.23. The highest BCUT2D eigenvalue weighted by atomic mass is 32.1. The highest BCUT2D eigenvalue weighted by molar-refractivity contribution is 7.15. The van der Waals surface area contributed by atoms with Gasteiger partial charge in [0.2, 0.25) is 5.82 Å². The molecule has 3 aromatic heterocycles. The number of hydrogen-bond donors (Lipinski definition) is 1. The number of nitrogens with zero attached hydrogens (tertiary/aromatic N) is 5. The van der Waals surface area contributed by atoms with Gasteiger partial charge in [-0.15, -0.1) is 0 Å². The maximum absolute atomic E-state index is 11.6. The van der Waals surface area contributed by atoms with Crippen molar-refractivity contribution < 1.29 is 9.66 Å². The van der Waals surface area contributed by atoms with Crippen LogP contribution in [0.15, 0.2) is 48.2 Å². The van der Waals surface area contributed by atoms with Crippen LogP contribution in [-0.4, -0.2) is 31.0 Å². The number of anilines is 1. The Labute approximate surface area is 158 Å². The van der Waals surface area contributed by atoms with Crippen molar-refractivity contribution in [3.8, 4) is 5.75 Å². The number of nitro groups is 1. The Morgan fingerprint density at radius 1 is 1.37 bits per heavy atom. The van der Waals surface area contributed by atoms with Crippen LogP contribution in [0.2, 0.25) is 0 Å². The lowest BCUT2D eigenvalue weighted by Gasteiger charge is -2.19. The second kappa shape index (κ2) is 6.72. The summed E-state index contributed by atoms with van der Waals surface area (Å²) in [5.41, 5.74) is 0.856. The maximum atomic E-state index is 11.6. The van der Waals surface area contributed by atoms with Gasteiger partial charge in [-0.1, -0.05) is 23.5 Å². The van der Waals surface area contributed by atoms with Crippen LogP contribution in [0.1, 0.15) is 17.4 Å². The number of imidazole rings is 2. The minimum atomic E-state index is -0.441. The predicted octanol–water partition coefficient (Wildman–Crippen LogP) is 3.25. The van der Waals surface area contributed by atoms with Crippen LogP contribution in [0.25, 0.3) is 4.96 Å². The molecule has 3 heterocycles. The molecule has 0 aliphatic carbocycles. The molecule has 0 amide bonds. The average Bonchev–Trinajstić information content (AvgIpc) is 3.35. The van der Waals surface area contributed by atoms with Gasteiger partial charge in [-0.3, -0.25) is 0 Å². The first-order valence-corrected chi connectivity index (χ1v) is 8.94. The van der Waals surface area contributed by atoms with Crippen LogP contribution in [-0.2, 0) is 7.05 Å². The monoisotopic (exact) mass is 384 g/mol. The molecule has 4 rings (SSSR count). The van der Waals surface area contributed by atoms with E-state index < -0.39 is 11.0 Å². The van der Waals surface area contributed by atoms with Crippen molar-refractivity contribution >= 4 is 27.9 Å². The lowest BCUT2D eigenvalue weighted by atomic mass is 10.1. The summed E-state index contributed by atoms with van der Waals surface area (Å²) in [6.07, 6.45) is 5.15. The van der Waals surface area contributed by atoms with Crippen LogP contribution in [0, 0.1) is 10.1 Å². The van der Waals surface area contributed by atoms with E-state index >= 15 is 0 Å². The highest BCUT2D eigenvalue weighted by Gasteiger charge is 2.28. The van der Waals surface area contributed by atoms with Crippen LogP contribution < -0.4 is 10.1 Å². The number of benzene rings is 1. The van der Waals surface area contributed by atoms with Gasteiger partial charge in [0.1, 0.15) is 23.8 Å². The van der Waals surface area contributed by atoms with Gasteiger partial charge in [0, 0.05) is 24.8 Å². The minimum Gasteiger partial charge on any atom is -0.497 e. The van der Waals surface area contributed by atoms with Gasteiger partial charge < -0.3 is 24.7 Å². The van der Waals surface area contributed by atoms with Gasteiger partial charge in [0.15, 0.2) is 0 Å². The van der Waals surface area contributed by atoms with E-state index in [-0.39, 0.29) is 11.6 Å². The molecule has 0 spiro atoms. The summed E-state index contributed by atoms with van der Waals surface area (Å²) in [6, 6.07) is 7.05. The van der Waals surface area contributed by atoms with E-state index in [0.29, 0.717) is 16.5 Å². The Kier molecular flexibility index (Phi) is 4.24. The lowest BCUT2D eigenvalue weighted by Crippen LogP contribution is -2.17. The SMILES string of the molecule is COc1cccc(C(Nc2nc3sccn3c2[N+](=O)[O-])c2nccn2C)c1. The van der Waals surface area contributed by atoms with Gasteiger partial charge in [-0.25, -0.2) is 4.98 Å². The van der Waals surface area contributed by atoms with Gasteiger partial charge >= 0.3 is 5.82 Å². The van der Waals surface area contributed by atoms with Gasteiger partial charge in [0.25, 0.3) is 4.96 Å². The molecule has 1 unspecified atom stereocenters. The van der Waals surface area contributed by atoms with Crippen molar-refractivity contribution in [3.05, 3.63) is 69.7 Å². The zero-order valence-electron chi connectivity index (χ0n) is 14.6. The molecule has 9 nitrogen and oxygen atoms in total. The summed E-state index contributed by atoms with van der Waals surface area (Å²) in [7, 11) is 3.47. The lowest BCUT2D eigenvalue weighted by molar-refractivity contribution is -0.389. The second-order valence-corrected chi connectivity index (χ2v) is 6.72. The molecule has 138 valence electrons. The molecule has 10 heteroatoms. The first kappa shape index (κ1) is 17.0. The quantitative estimate of drug-likeness (QED) is 0.405. The molecule has 0 saturated heterocycles. The largest absolute Gasteiger partial charge is 0.497 e. The van der Waals surface area contributed by atoms with Crippen molar-refractivity contribution in [1.82, 2.24) is 18.9 Å². The fraction of sp³-hybridized carbons (Fsp3) is 0.176. The number of rotatable bonds is 6. The summed E-state index contributed by atoms with van der Waals surface area (Å²) in [5.74, 6) is 1.48. The van der Waals surface area contributed by atoms with E-state index in [1.165, 1.54) is 15.7 Å². The third kappa shape index (κ3) is 2.99. The van der Waals surface area contributed by atoms with Crippen LogP contribution in [0.3, 0.4) is 0 Å². The van der Waals surface area contributed by atoms with Crippen molar-refractivity contribution in [3.63, 3.8) is 0 Å². The van der Waals surface area contributed by atoms with Gasteiger partial charge in [-0.2, -0.15) is 9.38 Å². The molecule has 0 saturated carbocycles. The first-order valence-electron chi connectivity index (χ1n) is 8.06. The smallest absolute Gasteiger partial charge is 0.372 e. The van der Waals surface area contributed by atoms with Gasteiger partial charge in [0.05, 0.1) is 7.11 Å². The van der Waals surface area contributed by atoms with Gasteiger partial charge in [-0.05, 0) is 22.6 Å². The van der Waals surface area contributed by atoms with Crippen molar-refractivity contribution in [1.29, 1.82) is 0 Å². The Bertz CT molecular complexity index is 1110. The van der Waals surface area contributed by atoms with E-state index in [1.807, 2.05) is 42.1 Å². The summed E-state index contributed by atoms with van der Waals surface area (Å²) in [4.78, 5) is 20.6. The second-order valence-electron chi connectivity index (χ2n) is 5.85. The molecule has 0 fully saturated rings. The molecule has 27 heavy (non-hydrogen) atoms. The number of fused-ring (bicyclic) bond motifs is 1. The summed E-state index contributed by atoms with van der Waals surface area (Å²) >= 11 is 1.34. The average molecular weight is 384 g/mol. The number of ether oxygens (including phenoxy) is 1. The van der Waals surface area contributed by atoms with E-state index in [9.17, 15) is 10.1 Å². The number of aromatic nitrogens is 4. The molecule has 1 atom stereocenters. The van der Waals surface area contributed by atoms with E-state index in [0.717, 1.165) is 5.56 Å². The maximum Gasteiger partial charge on any atom is 0.372 e. The fourth-order valence-electron chi connectivity index (χ4n) is 2.96. The number of hydrogen-bond acceptors (Lipinski definition) is 7. The Morgan fingerprint density at radius 3 is 2.93 bits per heavy atom. The van der Waals surface area contributed by atoms with E-state index in [2.05, 4.69) is 15.3 Å². The Balaban J connectivity index is 1.83. The summed E-state index contributed by atoms with van der Waals surface area (Å²) in [6.45, 7) is 0. The molecule has 1 N–H and O–H groups in total. The topological polar surface area (TPSA) is 99.5 Å². The minimum absolute atomic E-state index is 0.103. The fourth-order valence-corrected chi connectivity index (χ4v) is 3.66. The zero-order valence-corrected chi connectivity index (χ0v) is 15.4. The molecule has 0 aliphatic rings. The number of aryl methyl sites for hydroxylation is 1. The van der Waals surface area contributed by atoms with Crippen molar-refractivity contribution in [2.45, 2.75) is 6.04 Å². The molecule has 0 radical (unpaired) electrons. The molecule has 0 aliphatic heterocycles. The molecular formula is C17H16N6O3S. The number of nitrogens with one attached hydrogen (secondary N) is 1. The normalized spacial score (nSPS) is 12.2. The van der Waals surface area contributed by atoms with Crippen LogP contribution in [0.5, 0.6) is 5.75 Å². The van der Waals surface area contributed by atoms with Crippen LogP contribution in [0.4, 0.5) is 11.6 Å². The summed E-state index contributed by atoms with van der Waals surface area (Å²) < 4.78 is 8.65. The summed E-state index contributed by atoms with van der Waals surface area (Å²) in [5, 5.41) is 16.6. The first-order chi connectivity index (χ1) is 13.1. The van der Waals surface area contributed by atoms with Crippen molar-refractivity contribution in [2.75, 3.05) is 12.4 Å². The Hall–Kier alpha value is -3.40. The third-order valence-corrected chi connectivity index (χ3v) is 4.99.